The first-order chi connectivity index (χ1) is 14.7. The summed E-state index contributed by atoms with van der Waals surface area (Å²) >= 11 is 2.91. The second-order valence-corrected chi connectivity index (χ2v) is 9.21. The first-order valence-corrected chi connectivity index (χ1v) is 11.7. The van der Waals surface area contributed by atoms with Gasteiger partial charge in [0.1, 0.15) is 5.69 Å². The van der Waals surface area contributed by atoms with Crippen molar-refractivity contribution in [3.63, 3.8) is 0 Å². The van der Waals surface area contributed by atoms with Crippen LogP contribution in [0.2, 0.25) is 0 Å². The zero-order chi connectivity index (χ0) is 22.6. The second-order valence-electron chi connectivity index (χ2n) is 8.36. The Kier molecular flexibility index (Phi) is 8.20. The number of alkyl halides is 3. The molecule has 0 atom stereocenters. The van der Waals surface area contributed by atoms with E-state index in [1.807, 2.05) is 0 Å². The summed E-state index contributed by atoms with van der Waals surface area (Å²) in [6, 6.07) is 2.30. The summed E-state index contributed by atoms with van der Waals surface area (Å²) in [5.41, 5.74) is -1.47. The lowest BCUT2D eigenvalue weighted by Gasteiger charge is -2.41. The monoisotopic (exact) mass is 507 g/mol. The molecule has 0 radical (unpaired) electrons. The van der Waals surface area contributed by atoms with Crippen LogP contribution in [0.3, 0.4) is 0 Å². The first-order valence-electron chi connectivity index (χ1n) is 10.9. The Bertz CT molecular complexity index is 762. The number of ether oxygens (including phenoxy) is 1. The number of hydrogen-bond donors (Lipinski definition) is 1. The van der Waals surface area contributed by atoms with Crippen LogP contribution in [0, 0.1) is 10.1 Å². The Labute approximate surface area is 188 Å². The molecule has 6 nitrogen and oxygen atoms in total. The highest BCUT2D eigenvalue weighted by Gasteiger charge is 2.36. The highest BCUT2D eigenvalue weighted by Crippen LogP contribution is 2.41. The number of halogens is 4. The molecule has 1 N–H and O–H groups in total. The van der Waals surface area contributed by atoms with Gasteiger partial charge in [0.2, 0.25) is 0 Å². The summed E-state index contributed by atoms with van der Waals surface area (Å²) in [5.74, 6) is 0. The van der Waals surface area contributed by atoms with Crippen molar-refractivity contribution < 1.29 is 22.8 Å². The van der Waals surface area contributed by atoms with Crippen molar-refractivity contribution in [1.82, 2.24) is 4.90 Å². The number of hydrogen-bond acceptors (Lipinski definition) is 5. The molecule has 1 heterocycles. The van der Waals surface area contributed by atoms with Gasteiger partial charge >= 0.3 is 6.18 Å². The Morgan fingerprint density at radius 2 is 1.84 bits per heavy atom. The number of piperidine rings is 1. The van der Waals surface area contributed by atoms with E-state index >= 15 is 0 Å². The summed E-state index contributed by atoms with van der Waals surface area (Å²) in [4.78, 5) is 13.1. The molecular formula is C21H29BrF3N3O3. The van der Waals surface area contributed by atoms with Gasteiger partial charge in [0, 0.05) is 42.3 Å². The van der Waals surface area contributed by atoms with Crippen LogP contribution in [0.1, 0.15) is 57.4 Å². The van der Waals surface area contributed by atoms with Crippen molar-refractivity contribution in [3.05, 3.63) is 32.3 Å². The van der Waals surface area contributed by atoms with Gasteiger partial charge in [-0.15, -0.1) is 0 Å². The molecule has 31 heavy (non-hydrogen) atoms. The molecule has 1 aliphatic heterocycles. The standard InChI is InChI=1S/C21H29BrF3N3O3/c1-2-11-31-16-5-3-15(4-6-16)27-9-7-14(8-10-27)26-19-13-18(22)17(21(23,24)25)12-20(19)28(29)30/h12-16,26H,2-11H2,1H3/t15-,16-. The zero-order valence-electron chi connectivity index (χ0n) is 17.6. The van der Waals surface area contributed by atoms with Crippen molar-refractivity contribution in [2.75, 3.05) is 25.0 Å². The third kappa shape index (κ3) is 6.32. The largest absolute Gasteiger partial charge is 0.417 e. The lowest BCUT2D eigenvalue weighted by atomic mass is 9.90. The van der Waals surface area contributed by atoms with Gasteiger partial charge in [0.15, 0.2) is 0 Å². The fourth-order valence-electron chi connectivity index (χ4n) is 4.54. The summed E-state index contributed by atoms with van der Waals surface area (Å²) in [6.45, 7) is 4.68. The molecule has 174 valence electrons. The topological polar surface area (TPSA) is 67.6 Å². The summed E-state index contributed by atoms with van der Waals surface area (Å²) < 4.78 is 45.0. The van der Waals surface area contributed by atoms with Crippen LogP contribution in [0.5, 0.6) is 0 Å². The van der Waals surface area contributed by atoms with Crippen LogP contribution < -0.4 is 5.32 Å². The van der Waals surface area contributed by atoms with E-state index in [9.17, 15) is 23.3 Å². The van der Waals surface area contributed by atoms with Crippen LogP contribution in [0.15, 0.2) is 16.6 Å². The molecule has 0 aromatic heterocycles. The maximum absolute atomic E-state index is 13.1. The van der Waals surface area contributed by atoms with Crippen molar-refractivity contribution in [2.45, 2.75) is 76.2 Å². The molecule has 1 saturated carbocycles. The lowest BCUT2D eigenvalue weighted by molar-refractivity contribution is -0.384. The average molecular weight is 508 g/mol. The molecule has 2 aliphatic rings. The van der Waals surface area contributed by atoms with E-state index in [1.165, 1.54) is 6.07 Å². The molecule has 1 saturated heterocycles. The minimum Gasteiger partial charge on any atom is -0.378 e. The van der Waals surface area contributed by atoms with Crippen molar-refractivity contribution in [2.24, 2.45) is 0 Å². The molecule has 1 aromatic rings. The van der Waals surface area contributed by atoms with Crippen molar-refractivity contribution >= 4 is 27.3 Å². The van der Waals surface area contributed by atoms with E-state index in [1.54, 1.807) is 0 Å². The zero-order valence-corrected chi connectivity index (χ0v) is 19.2. The number of benzene rings is 1. The second kappa shape index (κ2) is 10.5. The Morgan fingerprint density at radius 1 is 1.19 bits per heavy atom. The number of anilines is 1. The van der Waals surface area contributed by atoms with Gasteiger partial charge in [-0.25, -0.2) is 0 Å². The van der Waals surface area contributed by atoms with Gasteiger partial charge in [-0.1, -0.05) is 22.9 Å². The normalized spacial score (nSPS) is 23.6. The van der Waals surface area contributed by atoms with Crippen LogP contribution in [0.25, 0.3) is 0 Å². The smallest absolute Gasteiger partial charge is 0.378 e. The van der Waals surface area contributed by atoms with Gasteiger partial charge in [0.25, 0.3) is 5.69 Å². The lowest BCUT2D eigenvalue weighted by Crippen LogP contribution is -2.46. The van der Waals surface area contributed by atoms with Crippen LogP contribution in [-0.2, 0) is 10.9 Å². The maximum Gasteiger partial charge on any atom is 0.417 e. The Morgan fingerprint density at radius 3 is 2.39 bits per heavy atom. The van der Waals surface area contributed by atoms with Gasteiger partial charge in [-0.3, -0.25) is 10.1 Å². The van der Waals surface area contributed by atoms with E-state index in [4.69, 9.17) is 4.74 Å². The van der Waals surface area contributed by atoms with Crippen LogP contribution in [0.4, 0.5) is 24.5 Å². The number of nitro groups is 1. The number of rotatable bonds is 7. The highest BCUT2D eigenvalue weighted by molar-refractivity contribution is 9.10. The molecule has 0 spiro atoms. The molecular weight excluding hydrogens is 479 g/mol. The Hall–Kier alpha value is -1.39. The molecule has 0 amide bonds. The number of likely N-dealkylation sites (tertiary alicyclic amines) is 1. The molecule has 0 bridgehead atoms. The molecule has 10 heteroatoms. The number of nitrogens with zero attached hydrogens (tertiary/aromatic N) is 2. The molecule has 2 fully saturated rings. The quantitative estimate of drug-likeness (QED) is 0.362. The van der Waals surface area contributed by atoms with Crippen LogP contribution >= 0.6 is 15.9 Å². The van der Waals surface area contributed by atoms with E-state index in [0.717, 1.165) is 64.6 Å². The summed E-state index contributed by atoms with van der Waals surface area (Å²) in [5, 5.41) is 14.5. The van der Waals surface area contributed by atoms with E-state index in [-0.39, 0.29) is 16.2 Å². The van der Waals surface area contributed by atoms with Gasteiger partial charge in [-0.05, 0) is 51.0 Å². The minimum absolute atomic E-state index is 0.0113. The molecule has 1 aromatic carbocycles. The van der Waals surface area contributed by atoms with Crippen molar-refractivity contribution in [3.8, 4) is 0 Å². The molecule has 3 rings (SSSR count). The fraction of sp³-hybridized carbons (Fsp3) is 0.714. The van der Waals surface area contributed by atoms with Crippen LogP contribution in [-0.4, -0.2) is 47.7 Å². The Balaban J connectivity index is 1.56. The van der Waals surface area contributed by atoms with Gasteiger partial charge in [0.05, 0.1) is 16.6 Å². The maximum atomic E-state index is 13.1. The SMILES string of the molecule is CCCO[C@H]1CC[C@H](N2CCC(Nc3cc(Br)c(C(F)(F)F)cc3[N+](=O)[O-])CC2)CC1. The first kappa shape index (κ1) is 24.3. The average Bonchev–Trinajstić information content (AvgIpc) is 2.72. The predicted molar refractivity (Wildman–Crippen MR) is 116 cm³/mol. The minimum atomic E-state index is -4.66. The van der Waals surface area contributed by atoms with Gasteiger partial charge in [-0.2, -0.15) is 13.2 Å². The van der Waals surface area contributed by atoms with Gasteiger partial charge < -0.3 is 15.0 Å². The number of nitrogens with one attached hydrogen (secondary N) is 1. The summed E-state index contributed by atoms with van der Waals surface area (Å²) in [6.07, 6.45) is 2.72. The molecule has 1 aliphatic carbocycles. The van der Waals surface area contributed by atoms with E-state index in [2.05, 4.69) is 33.1 Å². The fourth-order valence-corrected chi connectivity index (χ4v) is 5.10. The molecule has 0 unspecified atom stereocenters. The third-order valence-corrected chi connectivity index (χ3v) is 6.85. The highest BCUT2D eigenvalue weighted by atomic mass is 79.9. The third-order valence-electron chi connectivity index (χ3n) is 6.19. The van der Waals surface area contributed by atoms with Crippen molar-refractivity contribution in [1.29, 1.82) is 0 Å². The van der Waals surface area contributed by atoms with E-state index < -0.39 is 22.4 Å². The summed E-state index contributed by atoms with van der Waals surface area (Å²) in [7, 11) is 0. The van der Waals surface area contributed by atoms with E-state index in [0.29, 0.717) is 18.2 Å². The predicted octanol–water partition coefficient (Wildman–Crippen LogP) is 5.99. The number of nitro benzene ring substituents is 1.